The molecule has 1 heterocycles. The number of rotatable bonds is 1. The molecule has 19 heavy (non-hydrogen) atoms. The summed E-state index contributed by atoms with van der Waals surface area (Å²) >= 11 is 6.22. The Hall–Kier alpha value is -1.80. The second-order valence-corrected chi connectivity index (χ2v) is 5.17. The van der Waals surface area contributed by atoms with E-state index in [2.05, 4.69) is 6.07 Å². The van der Waals surface area contributed by atoms with Gasteiger partial charge in [0.1, 0.15) is 5.38 Å². The average Bonchev–Trinajstić information content (AvgIpc) is 2.58. The number of hydrogen-bond acceptors (Lipinski definition) is 1. The zero-order valence-corrected chi connectivity index (χ0v) is 11.2. The van der Waals surface area contributed by atoms with Crippen molar-refractivity contribution in [3.63, 3.8) is 0 Å². The highest BCUT2D eigenvalue weighted by Crippen LogP contribution is 2.34. The maximum Gasteiger partial charge on any atom is 0.249 e. The molecule has 1 amide bonds. The van der Waals surface area contributed by atoms with Crippen LogP contribution in [0.5, 0.6) is 0 Å². The summed E-state index contributed by atoms with van der Waals surface area (Å²) in [6.45, 7) is 0. The lowest BCUT2D eigenvalue weighted by Gasteiger charge is -2.24. The highest BCUT2D eigenvalue weighted by Gasteiger charge is 2.29. The maximum absolute atomic E-state index is 12.5. The highest BCUT2D eigenvalue weighted by molar-refractivity contribution is 6.34. The Morgan fingerprint density at radius 3 is 2.47 bits per heavy atom. The van der Waals surface area contributed by atoms with E-state index in [0.29, 0.717) is 6.42 Å². The summed E-state index contributed by atoms with van der Waals surface area (Å²) in [7, 11) is 0. The molecule has 2 nitrogen and oxygen atoms in total. The van der Waals surface area contributed by atoms with E-state index in [0.717, 1.165) is 17.8 Å². The molecule has 0 spiro atoms. The molecule has 3 rings (SSSR count). The van der Waals surface area contributed by atoms with Gasteiger partial charge in [0.15, 0.2) is 0 Å². The first-order valence-electron chi connectivity index (χ1n) is 6.38. The lowest BCUT2D eigenvalue weighted by molar-refractivity contribution is -0.117. The van der Waals surface area contributed by atoms with Gasteiger partial charge < -0.3 is 0 Å². The van der Waals surface area contributed by atoms with Crippen molar-refractivity contribution < 1.29 is 4.79 Å². The summed E-state index contributed by atoms with van der Waals surface area (Å²) in [6, 6.07) is 17.7. The van der Waals surface area contributed by atoms with Gasteiger partial charge in [-0.25, -0.2) is 0 Å². The zero-order valence-electron chi connectivity index (χ0n) is 10.4. The van der Waals surface area contributed by atoms with Crippen molar-refractivity contribution >= 4 is 28.9 Å². The molecule has 0 saturated carbocycles. The molecule has 0 N–H and O–H groups in total. The molecule has 1 aliphatic heterocycles. The molecule has 1 atom stereocenters. The van der Waals surface area contributed by atoms with Crippen LogP contribution in [-0.4, -0.2) is 11.3 Å². The number of benzene rings is 2. The summed E-state index contributed by atoms with van der Waals surface area (Å²) in [6.07, 6.45) is 1.51. The first kappa shape index (κ1) is 12.2. The van der Waals surface area contributed by atoms with Crippen LogP contribution in [0.3, 0.4) is 0 Å². The first-order valence-corrected chi connectivity index (χ1v) is 6.82. The number of nitrogens with zero attached hydrogens (tertiary/aromatic N) is 1. The fraction of sp³-hybridized carbons (Fsp3) is 0.188. The normalized spacial score (nSPS) is 18.9. The number of para-hydroxylation sites is 2. The van der Waals surface area contributed by atoms with Gasteiger partial charge in [0, 0.05) is 5.69 Å². The van der Waals surface area contributed by atoms with Gasteiger partial charge in [-0.05, 0) is 36.6 Å². The van der Waals surface area contributed by atoms with Crippen molar-refractivity contribution in [2.75, 3.05) is 4.90 Å². The number of aryl methyl sites for hydroxylation is 1. The van der Waals surface area contributed by atoms with Crippen LogP contribution in [0.15, 0.2) is 54.6 Å². The Labute approximate surface area is 117 Å². The molecule has 1 unspecified atom stereocenters. The van der Waals surface area contributed by atoms with E-state index in [9.17, 15) is 4.79 Å². The van der Waals surface area contributed by atoms with E-state index in [1.165, 1.54) is 5.56 Å². The van der Waals surface area contributed by atoms with Crippen molar-refractivity contribution in [2.45, 2.75) is 18.2 Å². The molecule has 2 aromatic rings. The molecule has 0 aliphatic carbocycles. The van der Waals surface area contributed by atoms with Gasteiger partial charge in [0.2, 0.25) is 5.91 Å². The van der Waals surface area contributed by atoms with Crippen LogP contribution in [0, 0.1) is 0 Å². The Kier molecular flexibility index (Phi) is 3.26. The predicted molar refractivity (Wildman–Crippen MR) is 78.0 cm³/mol. The van der Waals surface area contributed by atoms with Crippen LogP contribution in [0.2, 0.25) is 0 Å². The summed E-state index contributed by atoms with van der Waals surface area (Å²) in [5.41, 5.74) is 2.98. The molecular formula is C16H14ClNO. The topological polar surface area (TPSA) is 20.3 Å². The molecule has 1 aliphatic rings. The van der Waals surface area contributed by atoms with E-state index >= 15 is 0 Å². The average molecular weight is 272 g/mol. The molecule has 2 aromatic carbocycles. The minimum absolute atomic E-state index is 0.0437. The summed E-state index contributed by atoms with van der Waals surface area (Å²) in [4.78, 5) is 14.2. The Bertz CT molecular complexity index is 597. The van der Waals surface area contributed by atoms with Crippen molar-refractivity contribution in [3.8, 4) is 0 Å². The van der Waals surface area contributed by atoms with E-state index < -0.39 is 5.38 Å². The lowest BCUT2D eigenvalue weighted by Crippen LogP contribution is -2.31. The van der Waals surface area contributed by atoms with Crippen molar-refractivity contribution in [3.05, 3.63) is 60.2 Å². The fourth-order valence-corrected chi connectivity index (χ4v) is 2.65. The van der Waals surface area contributed by atoms with Gasteiger partial charge in [0.05, 0.1) is 5.69 Å². The third kappa shape index (κ3) is 2.24. The largest absolute Gasteiger partial charge is 0.280 e. The van der Waals surface area contributed by atoms with Gasteiger partial charge in [-0.1, -0.05) is 36.4 Å². The number of halogens is 1. The molecule has 0 saturated heterocycles. The number of fused-ring (bicyclic) bond motifs is 1. The number of amides is 1. The third-order valence-corrected chi connectivity index (χ3v) is 3.81. The van der Waals surface area contributed by atoms with Gasteiger partial charge in [-0.3, -0.25) is 9.69 Å². The minimum atomic E-state index is -0.465. The van der Waals surface area contributed by atoms with Crippen LogP contribution in [0.25, 0.3) is 0 Å². The number of hydrogen-bond donors (Lipinski definition) is 0. The molecule has 0 aromatic heterocycles. The fourth-order valence-electron chi connectivity index (χ4n) is 2.45. The van der Waals surface area contributed by atoms with Crippen molar-refractivity contribution in [2.24, 2.45) is 0 Å². The van der Waals surface area contributed by atoms with Crippen LogP contribution in [0.4, 0.5) is 11.4 Å². The highest BCUT2D eigenvalue weighted by atomic mass is 35.5. The van der Waals surface area contributed by atoms with E-state index in [1.54, 1.807) is 4.90 Å². The quantitative estimate of drug-likeness (QED) is 0.720. The third-order valence-electron chi connectivity index (χ3n) is 3.40. The Morgan fingerprint density at radius 2 is 1.68 bits per heavy atom. The number of carbonyl (C=O) groups excluding carboxylic acids is 1. The van der Waals surface area contributed by atoms with Crippen LogP contribution < -0.4 is 4.90 Å². The second-order valence-electron chi connectivity index (χ2n) is 4.64. The number of alkyl halides is 1. The van der Waals surface area contributed by atoms with Crippen molar-refractivity contribution in [1.82, 2.24) is 0 Å². The monoisotopic (exact) mass is 271 g/mol. The van der Waals surface area contributed by atoms with E-state index in [1.807, 2.05) is 48.5 Å². The SMILES string of the molecule is O=C1C(Cl)CCc2ccccc2N1c1ccccc1. The second kappa shape index (κ2) is 5.06. The maximum atomic E-state index is 12.5. The minimum Gasteiger partial charge on any atom is -0.280 e. The molecule has 0 bridgehead atoms. The zero-order chi connectivity index (χ0) is 13.2. The first-order chi connectivity index (χ1) is 9.27. The molecule has 0 fully saturated rings. The molecular weight excluding hydrogens is 258 g/mol. The number of carbonyl (C=O) groups is 1. The van der Waals surface area contributed by atoms with Gasteiger partial charge in [0.25, 0.3) is 0 Å². The predicted octanol–water partition coefficient (Wildman–Crippen LogP) is 3.90. The number of anilines is 2. The van der Waals surface area contributed by atoms with E-state index in [-0.39, 0.29) is 5.91 Å². The van der Waals surface area contributed by atoms with Crippen molar-refractivity contribution in [1.29, 1.82) is 0 Å². The Balaban J connectivity index is 2.16. The van der Waals surface area contributed by atoms with Crippen LogP contribution in [0.1, 0.15) is 12.0 Å². The lowest BCUT2D eigenvalue weighted by atomic mass is 10.1. The molecule has 96 valence electrons. The summed E-state index contributed by atoms with van der Waals surface area (Å²) < 4.78 is 0. The smallest absolute Gasteiger partial charge is 0.249 e. The Morgan fingerprint density at radius 1 is 1.00 bits per heavy atom. The van der Waals surface area contributed by atoms with Gasteiger partial charge >= 0.3 is 0 Å². The van der Waals surface area contributed by atoms with Gasteiger partial charge in [-0.15, -0.1) is 11.6 Å². The molecule has 0 radical (unpaired) electrons. The molecule has 3 heteroatoms. The standard InChI is InChI=1S/C16H14ClNO/c17-14-11-10-12-6-4-5-9-15(12)18(16(14)19)13-7-2-1-3-8-13/h1-9,14H,10-11H2. The van der Waals surface area contributed by atoms with Crippen LogP contribution in [-0.2, 0) is 11.2 Å². The van der Waals surface area contributed by atoms with E-state index in [4.69, 9.17) is 11.6 Å². The van der Waals surface area contributed by atoms with Crippen LogP contribution >= 0.6 is 11.6 Å². The summed E-state index contributed by atoms with van der Waals surface area (Å²) in [5, 5.41) is -0.465. The van der Waals surface area contributed by atoms with Gasteiger partial charge in [-0.2, -0.15) is 0 Å². The summed E-state index contributed by atoms with van der Waals surface area (Å²) in [5.74, 6) is -0.0437.